The third kappa shape index (κ3) is 3.32. The molecule has 4 saturated carbocycles. The second-order valence-electron chi connectivity index (χ2n) is 9.58. The minimum Gasteiger partial charge on any atom is -0.353 e. The molecule has 1 amide bonds. The van der Waals surface area contributed by atoms with Gasteiger partial charge in [0.2, 0.25) is 5.91 Å². The number of aromatic nitrogens is 2. The summed E-state index contributed by atoms with van der Waals surface area (Å²) in [7, 11) is 0. The monoisotopic (exact) mass is 395 g/mol. The van der Waals surface area contributed by atoms with Gasteiger partial charge in [-0.15, -0.1) is 0 Å². The Morgan fingerprint density at radius 1 is 1.11 bits per heavy atom. The quantitative estimate of drug-likeness (QED) is 0.588. The topological polar surface area (TPSA) is 54.9 Å². The van der Waals surface area contributed by atoms with Gasteiger partial charge in [0.15, 0.2) is 0 Å². The predicted molar refractivity (Wildman–Crippen MR) is 113 cm³/mol. The predicted octanol–water partition coefficient (Wildman–Crippen LogP) is 4.71. The molecule has 4 bridgehead atoms. The summed E-state index contributed by atoms with van der Waals surface area (Å²) in [6, 6.07) is 8.44. The van der Waals surface area contributed by atoms with Crippen molar-refractivity contribution in [2.75, 3.05) is 5.75 Å². The maximum Gasteiger partial charge on any atom is 0.230 e. The number of carbonyl (C=O) groups excluding carboxylic acids is 1. The van der Waals surface area contributed by atoms with E-state index in [0.717, 1.165) is 39.5 Å². The molecule has 2 aromatic rings. The van der Waals surface area contributed by atoms with E-state index in [2.05, 4.69) is 23.5 Å². The highest BCUT2D eigenvalue weighted by atomic mass is 32.2. The number of para-hydroxylation sites is 1. The number of nitrogens with one attached hydrogen (secondary N) is 1. The zero-order valence-corrected chi connectivity index (χ0v) is 17.6. The molecule has 4 fully saturated rings. The van der Waals surface area contributed by atoms with Crippen LogP contribution in [0.2, 0.25) is 0 Å². The maximum absolute atomic E-state index is 12.2. The number of rotatable bonds is 5. The highest BCUT2D eigenvalue weighted by molar-refractivity contribution is 8.00. The molecule has 4 aliphatic rings. The van der Waals surface area contributed by atoms with Crippen molar-refractivity contribution in [1.82, 2.24) is 15.3 Å². The molecule has 0 radical (unpaired) electrons. The lowest BCUT2D eigenvalue weighted by Crippen LogP contribution is -2.49. The molecule has 1 N–H and O–H groups in total. The van der Waals surface area contributed by atoms with E-state index < -0.39 is 0 Å². The second-order valence-corrected chi connectivity index (χ2v) is 10.5. The lowest BCUT2D eigenvalue weighted by atomic mass is 9.49. The van der Waals surface area contributed by atoms with Gasteiger partial charge in [0, 0.05) is 16.8 Å². The number of amides is 1. The molecule has 0 atom stereocenters. The van der Waals surface area contributed by atoms with Gasteiger partial charge in [-0.25, -0.2) is 9.97 Å². The van der Waals surface area contributed by atoms with Crippen LogP contribution in [-0.4, -0.2) is 27.7 Å². The summed E-state index contributed by atoms with van der Waals surface area (Å²) in [6.45, 7) is 3.99. The van der Waals surface area contributed by atoms with Gasteiger partial charge in [-0.2, -0.15) is 0 Å². The molecule has 6 rings (SSSR count). The standard InChI is InChI=1S/C23H29N3OS/c1-14(2)24-20(27)13-28-21-18-5-3-4-6-19(18)25-22(26-21)23-10-15-7-16(11-23)9-17(8-15)12-23/h3-6,14-17H,7-13H2,1-2H3,(H,24,27). The van der Waals surface area contributed by atoms with Gasteiger partial charge >= 0.3 is 0 Å². The van der Waals surface area contributed by atoms with Crippen LogP contribution in [0.3, 0.4) is 0 Å². The average molecular weight is 396 g/mol. The Labute approximate surface area is 171 Å². The number of fused-ring (bicyclic) bond motifs is 1. The van der Waals surface area contributed by atoms with Crippen LogP contribution < -0.4 is 5.32 Å². The van der Waals surface area contributed by atoms with Crippen molar-refractivity contribution < 1.29 is 4.79 Å². The van der Waals surface area contributed by atoms with Crippen molar-refractivity contribution in [3.05, 3.63) is 30.1 Å². The van der Waals surface area contributed by atoms with E-state index in [1.807, 2.05) is 19.9 Å². The molecule has 148 valence electrons. The molecule has 0 unspecified atom stereocenters. The Morgan fingerprint density at radius 3 is 2.39 bits per heavy atom. The summed E-state index contributed by atoms with van der Waals surface area (Å²) >= 11 is 1.56. The Bertz CT molecular complexity index is 875. The zero-order valence-electron chi connectivity index (χ0n) is 16.8. The molecule has 1 aromatic heterocycles. The van der Waals surface area contributed by atoms with Crippen LogP contribution >= 0.6 is 11.8 Å². The van der Waals surface area contributed by atoms with Crippen LogP contribution in [0.5, 0.6) is 0 Å². The molecule has 0 aliphatic heterocycles. The Morgan fingerprint density at radius 2 is 1.75 bits per heavy atom. The number of hydrogen-bond acceptors (Lipinski definition) is 4. The number of benzene rings is 1. The third-order valence-electron chi connectivity index (χ3n) is 6.87. The van der Waals surface area contributed by atoms with Gasteiger partial charge in [-0.05, 0) is 76.2 Å². The Hall–Kier alpha value is -1.62. The van der Waals surface area contributed by atoms with E-state index >= 15 is 0 Å². The first-order valence-electron chi connectivity index (χ1n) is 10.7. The normalized spacial score (nSPS) is 30.9. The van der Waals surface area contributed by atoms with E-state index in [1.165, 1.54) is 38.5 Å². The van der Waals surface area contributed by atoms with Crippen molar-refractivity contribution in [2.45, 2.75) is 68.9 Å². The summed E-state index contributed by atoms with van der Waals surface area (Å²) in [5.74, 6) is 4.13. The van der Waals surface area contributed by atoms with Crippen LogP contribution in [0.4, 0.5) is 0 Å². The van der Waals surface area contributed by atoms with Crippen LogP contribution in [0.1, 0.15) is 58.2 Å². The molecule has 0 spiro atoms. The first kappa shape index (κ1) is 18.4. The molecule has 5 heteroatoms. The smallest absolute Gasteiger partial charge is 0.230 e. The number of thioether (sulfide) groups is 1. The van der Waals surface area contributed by atoms with E-state index in [1.54, 1.807) is 11.8 Å². The van der Waals surface area contributed by atoms with Crippen molar-refractivity contribution in [2.24, 2.45) is 17.8 Å². The molecule has 1 heterocycles. The van der Waals surface area contributed by atoms with Crippen LogP contribution in [-0.2, 0) is 10.2 Å². The van der Waals surface area contributed by atoms with Gasteiger partial charge in [0.25, 0.3) is 0 Å². The minimum atomic E-state index is 0.0686. The summed E-state index contributed by atoms with van der Waals surface area (Å²) in [6.07, 6.45) is 8.04. The summed E-state index contributed by atoms with van der Waals surface area (Å²) in [4.78, 5) is 22.4. The number of nitrogens with zero attached hydrogens (tertiary/aromatic N) is 2. The van der Waals surface area contributed by atoms with Crippen molar-refractivity contribution in [3.8, 4) is 0 Å². The van der Waals surface area contributed by atoms with E-state index in [4.69, 9.17) is 9.97 Å². The van der Waals surface area contributed by atoms with Gasteiger partial charge in [0.05, 0.1) is 11.3 Å². The van der Waals surface area contributed by atoms with Gasteiger partial charge in [-0.1, -0.05) is 30.0 Å². The number of hydrogen-bond donors (Lipinski definition) is 1. The molecule has 28 heavy (non-hydrogen) atoms. The first-order chi connectivity index (χ1) is 13.5. The molecular weight excluding hydrogens is 366 g/mol. The van der Waals surface area contributed by atoms with Crippen molar-refractivity contribution >= 4 is 28.6 Å². The van der Waals surface area contributed by atoms with Gasteiger partial charge in [-0.3, -0.25) is 4.79 Å². The van der Waals surface area contributed by atoms with Crippen molar-refractivity contribution in [1.29, 1.82) is 0 Å². The second kappa shape index (κ2) is 7.01. The van der Waals surface area contributed by atoms with Crippen LogP contribution in [0, 0.1) is 17.8 Å². The lowest BCUT2D eigenvalue weighted by molar-refractivity contribution is -0.119. The first-order valence-corrected chi connectivity index (χ1v) is 11.7. The van der Waals surface area contributed by atoms with Gasteiger partial charge in [0.1, 0.15) is 10.9 Å². The highest BCUT2D eigenvalue weighted by Gasteiger charge is 2.53. The van der Waals surface area contributed by atoms with E-state index in [9.17, 15) is 4.79 Å². The fourth-order valence-electron chi connectivity index (χ4n) is 6.28. The van der Waals surface area contributed by atoms with Crippen LogP contribution in [0.15, 0.2) is 29.3 Å². The summed E-state index contributed by atoms with van der Waals surface area (Å²) in [5.41, 5.74) is 1.20. The summed E-state index contributed by atoms with van der Waals surface area (Å²) < 4.78 is 0. The molecule has 4 aliphatic carbocycles. The summed E-state index contributed by atoms with van der Waals surface area (Å²) in [5, 5.41) is 5.02. The molecular formula is C23H29N3OS. The van der Waals surface area contributed by atoms with Crippen molar-refractivity contribution in [3.63, 3.8) is 0 Å². The molecule has 1 aromatic carbocycles. The Balaban J connectivity index is 1.49. The number of carbonyl (C=O) groups is 1. The Kier molecular flexibility index (Phi) is 4.61. The highest BCUT2D eigenvalue weighted by Crippen LogP contribution is 2.60. The van der Waals surface area contributed by atoms with Gasteiger partial charge < -0.3 is 5.32 Å². The molecule has 0 saturated heterocycles. The average Bonchev–Trinajstić information content (AvgIpc) is 2.64. The zero-order chi connectivity index (χ0) is 19.3. The minimum absolute atomic E-state index is 0.0686. The maximum atomic E-state index is 12.2. The molecule has 4 nitrogen and oxygen atoms in total. The van der Waals surface area contributed by atoms with E-state index in [-0.39, 0.29) is 17.4 Å². The van der Waals surface area contributed by atoms with E-state index in [0.29, 0.717) is 5.75 Å². The third-order valence-corrected chi connectivity index (χ3v) is 7.86. The SMILES string of the molecule is CC(C)NC(=O)CSc1nc(C23CC4CC(CC(C4)C2)C3)nc2ccccc12. The van der Waals surface area contributed by atoms with Crippen LogP contribution in [0.25, 0.3) is 10.9 Å². The fraction of sp³-hybridized carbons (Fsp3) is 0.609. The fourth-order valence-corrected chi connectivity index (χ4v) is 7.11. The lowest BCUT2D eigenvalue weighted by Gasteiger charge is -2.56. The largest absolute Gasteiger partial charge is 0.353 e.